The van der Waals surface area contributed by atoms with Gasteiger partial charge in [0.15, 0.2) is 5.78 Å². The van der Waals surface area contributed by atoms with E-state index in [0.717, 1.165) is 11.9 Å². The molecule has 0 bridgehead atoms. The largest absolute Gasteiger partial charge is 0.445 e. The van der Waals surface area contributed by atoms with Crippen LogP contribution in [-0.4, -0.2) is 50.2 Å². The molecular formula is C15H25N3O4S2. The van der Waals surface area contributed by atoms with Crippen molar-refractivity contribution < 1.29 is 19.2 Å². The highest BCUT2D eigenvalue weighted by atomic mass is 32.2. The highest BCUT2D eigenvalue weighted by molar-refractivity contribution is 8.14. The molecule has 1 fully saturated rings. The molecule has 1 aliphatic heterocycles. The number of carbonyl (C=O) groups is 3. The number of ketones is 1. The third kappa shape index (κ3) is 5.41. The van der Waals surface area contributed by atoms with E-state index < -0.39 is 16.4 Å². The maximum absolute atomic E-state index is 12.2. The van der Waals surface area contributed by atoms with E-state index in [1.807, 2.05) is 13.8 Å². The fourth-order valence-electron chi connectivity index (χ4n) is 2.15. The lowest BCUT2D eigenvalue weighted by Crippen LogP contribution is -2.53. The van der Waals surface area contributed by atoms with Gasteiger partial charge >= 0.3 is 6.09 Å². The third-order valence-corrected chi connectivity index (χ3v) is 5.62. The van der Waals surface area contributed by atoms with E-state index >= 15 is 0 Å². The molecule has 0 unspecified atom stereocenters. The van der Waals surface area contributed by atoms with Crippen LogP contribution in [-0.2, 0) is 14.4 Å². The first-order valence-corrected chi connectivity index (χ1v) is 9.33. The quantitative estimate of drug-likeness (QED) is 0.451. The number of rotatable bonds is 5. The molecule has 2 amide bonds. The molecule has 0 spiro atoms. The number of nitrogens with zero attached hydrogens (tertiary/aromatic N) is 2. The van der Waals surface area contributed by atoms with Crippen molar-refractivity contribution in [3.63, 3.8) is 0 Å². The molecular weight excluding hydrogens is 350 g/mol. The summed E-state index contributed by atoms with van der Waals surface area (Å²) in [5, 5.41) is 7.18. The fourth-order valence-corrected chi connectivity index (χ4v) is 4.11. The minimum absolute atomic E-state index is 0.0464. The summed E-state index contributed by atoms with van der Waals surface area (Å²) in [6.07, 6.45) is -0.676. The minimum Gasteiger partial charge on any atom is -0.344 e. The van der Waals surface area contributed by atoms with Crippen LogP contribution >= 0.6 is 23.7 Å². The zero-order valence-corrected chi connectivity index (χ0v) is 16.8. The second kappa shape index (κ2) is 7.77. The van der Waals surface area contributed by atoms with E-state index in [2.05, 4.69) is 10.5 Å². The van der Waals surface area contributed by atoms with E-state index in [1.165, 1.54) is 23.1 Å². The van der Waals surface area contributed by atoms with Crippen LogP contribution in [0.3, 0.4) is 0 Å². The zero-order chi connectivity index (χ0) is 18.7. The Labute approximate surface area is 151 Å². The van der Waals surface area contributed by atoms with Crippen molar-refractivity contribution in [2.75, 3.05) is 12.8 Å². The fraction of sp³-hybridized carbons (Fsp3) is 0.733. The first-order valence-electron chi connectivity index (χ1n) is 7.57. The molecule has 1 heterocycles. The van der Waals surface area contributed by atoms with E-state index in [1.54, 1.807) is 27.7 Å². The van der Waals surface area contributed by atoms with Crippen LogP contribution in [0.25, 0.3) is 0 Å². The van der Waals surface area contributed by atoms with Crippen LogP contribution in [0.15, 0.2) is 5.16 Å². The number of oxime groups is 1. The molecule has 0 aromatic carbocycles. The second-order valence-electron chi connectivity index (χ2n) is 6.83. The molecule has 0 radical (unpaired) electrons. The molecule has 1 rings (SSSR count). The SMILES string of the molecule is CC(C)C(=O)C(C)(C)SN(C)C(=O)ON=C1SCC(=O)NC1(C)C. The maximum atomic E-state index is 12.2. The molecule has 0 atom stereocenters. The summed E-state index contributed by atoms with van der Waals surface area (Å²) in [7, 11) is 1.53. The standard InChI is InChI=1S/C15H25N3O4S2/c1-9(2)11(20)15(5,6)24-18(7)13(21)22-17-12-14(3,4)16-10(19)8-23-12/h9H,8H2,1-7H3,(H,16,19). The average Bonchev–Trinajstić information content (AvgIpc) is 2.43. The molecule has 0 aromatic rings. The summed E-state index contributed by atoms with van der Waals surface area (Å²) in [5.41, 5.74) is -0.682. The van der Waals surface area contributed by atoms with Gasteiger partial charge in [0, 0.05) is 13.0 Å². The molecule has 1 aliphatic rings. The van der Waals surface area contributed by atoms with Crippen LogP contribution in [0, 0.1) is 5.92 Å². The highest BCUT2D eigenvalue weighted by Gasteiger charge is 2.35. The Bertz CT molecular complexity index is 559. The van der Waals surface area contributed by atoms with Gasteiger partial charge in [-0.1, -0.05) is 30.8 Å². The molecule has 0 aromatic heterocycles. The topological polar surface area (TPSA) is 88.1 Å². The van der Waals surface area contributed by atoms with Crippen molar-refractivity contribution in [3.8, 4) is 0 Å². The van der Waals surface area contributed by atoms with Crippen LogP contribution in [0.4, 0.5) is 4.79 Å². The third-order valence-electron chi connectivity index (χ3n) is 3.27. The first-order chi connectivity index (χ1) is 10.9. The van der Waals surface area contributed by atoms with Gasteiger partial charge in [-0.3, -0.25) is 18.7 Å². The van der Waals surface area contributed by atoms with Gasteiger partial charge < -0.3 is 5.32 Å². The number of Topliss-reactive ketones (excluding diaryl/α,β-unsaturated/α-hetero) is 1. The first kappa shape index (κ1) is 20.8. The summed E-state index contributed by atoms with van der Waals surface area (Å²) >= 11 is 2.33. The lowest BCUT2D eigenvalue weighted by molar-refractivity contribution is -0.123. The Balaban J connectivity index is 2.69. The predicted octanol–water partition coefficient (Wildman–Crippen LogP) is 2.66. The van der Waals surface area contributed by atoms with Gasteiger partial charge in [-0.2, -0.15) is 0 Å². The minimum atomic E-state index is -0.748. The van der Waals surface area contributed by atoms with Crippen molar-refractivity contribution in [1.82, 2.24) is 9.62 Å². The monoisotopic (exact) mass is 375 g/mol. The number of carbonyl (C=O) groups excluding carboxylic acids is 3. The number of hydrogen-bond donors (Lipinski definition) is 1. The molecule has 1 N–H and O–H groups in total. The highest BCUT2D eigenvalue weighted by Crippen LogP contribution is 2.31. The number of thioether (sulfide) groups is 1. The van der Waals surface area contributed by atoms with Gasteiger partial charge in [-0.15, -0.1) is 0 Å². The average molecular weight is 376 g/mol. The van der Waals surface area contributed by atoms with Gasteiger partial charge in [-0.25, -0.2) is 4.79 Å². The summed E-state index contributed by atoms with van der Waals surface area (Å²) in [6.45, 7) is 10.8. The van der Waals surface area contributed by atoms with Crippen LogP contribution in [0.1, 0.15) is 41.5 Å². The predicted molar refractivity (Wildman–Crippen MR) is 97.9 cm³/mol. The smallest absolute Gasteiger partial charge is 0.344 e. The lowest BCUT2D eigenvalue weighted by atomic mass is 9.98. The van der Waals surface area contributed by atoms with Crippen molar-refractivity contribution in [1.29, 1.82) is 0 Å². The zero-order valence-electron chi connectivity index (χ0n) is 15.1. The van der Waals surface area contributed by atoms with Gasteiger partial charge in [0.25, 0.3) is 0 Å². The van der Waals surface area contributed by atoms with Crippen molar-refractivity contribution in [2.24, 2.45) is 11.1 Å². The van der Waals surface area contributed by atoms with Crippen LogP contribution in [0.2, 0.25) is 0 Å². The number of nitrogens with one attached hydrogen (secondary N) is 1. The van der Waals surface area contributed by atoms with Crippen molar-refractivity contribution in [3.05, 3.63) is 0 Å². The Hall–Kier alpha value is -1.22. The number of hydrogen-bond acceptors (Lipinski definition) is 7. The van der Waals surface area contributed by atoms with E-state index in [4.69, 9.17) is 4.84 Å². The van der Waals surface area contributed by atoms with Crippen molar-refractivity contribution >= 4 is 46.5 Å². The molecule has 0 aliphatic carbocycles. The molecule has 0 saturated carbocycles. The van der Waals surface area contributed by atoms with E-state index in [0.29, 0.717) is 5.04 Å². The normalized spacial score (nSPS) is 19.2. The Kier molecular flexibility index (Phi) is 6.75. The second-order valence-corrected chi connectivity index (χ2v) is 9.55. The molecule has 7 nitrogen and oxygen atoms in total. The van der Waals surface area contributed by atoms with Crippen LogP contribution in [0.5, 0.6) is 0 Å². The maximum Gasteiger partial charge on any atom is 0.445 e. The van der Waals surface area contributed by atoms with Gasteiger partial charge in [-0.05, 0) is 39.6 Å². The van der Waals surface area contributed by atoms with Crippen molar-refractivity contribution in [2.45, 2.75) is 51.8 Å². The summed E-state index contributed by atoms with van der Waals surface area (Å²) in [5.74, 6) is 0.0719. The summed E-state index contributed by atoms with van der Waals surface area (Å²) in [6, 6.07) is 0. The van der Waals surface area contributed by atoms with Crippen LogP contribution < -0.4 is 5.32 Å². The summed E-state index contributed by atoms with van der Waals surface area (Å²) < 4.78 is 0.505. The lowest BCUT2D eigenvalue weighted by Gasteiger charge is -2.31. The molecule has 24 heavy (non-hydrogen) atoms. The summed E-state index contributed by atoms with van der Waals surface area (Å²) in [4.78, 5) is 40.7. The van der Waals surface area contributed by atoms with Gasteiger partial charge in [0.1, 0.15) is 5.04 Å². The Morgan fingerprint density at radius 1 is 1.42 bits per heavy atom. The van der Waals surface area contributed by atoms with Gasteiger partial charge in [0.2, 0.25) is 5.91 Å². The van der Waals surface area contributed by atoms with E-state index in [-0.39, 0.29) is 23.4 Å². The Morgan fingerprint density at radius 2 is 2.00 bits per heavy atom. The molecule has 136 valence electrons. The van der Waals surface area contributed by atoms with E-state index in [9.17, 15) is 14.4 Å². The van der Waals surface area contributed by atoms with Gasteiger partial charge in [0.05, 0.1) is 16.0 Å². The molecule has 1 saturated heterocycles. The number of amides is 2. The molecule has 9 heteroatoms. The Morgan fingerprint density at radius 3 is 2.50 bits per heavy atom.